The van der Waals surface area contributed by atoms with Gasteiger partial charge in [-0.05, 0) is 4.94 Å². The van der Waals surface area contributed by atoms with E-state index in [9.17, 15) is 0 Å². The first-order chi connectivity index (χ1) is 5.04. The molecule has 11 heavy (non-hydrogen) atoms. The van der Waals surface area contributed by atoms with Crippen molar-refractivity contribution in [3.8, 4) is 0 Å². The molecule has 0 aromatic rings. The van der Waals surface area contributed by atoms with Gasteiger partial charge in [-0.2, -0.15) is 0 Å². The van der Waals surface area contributed by atoms with E-state index in [0.717, 1.165) is 0 Å². The summed E-state index contributed by atoms with van der Waals surface area (Å²) in [7, 11) is 6.21. The highest BCUT2D eigenvalue weighted by molar-refractivity contribution is 3.74. The van der Waals surface area contributed by atoms with E-state index in [1.165, 1.54) is 7.11 Å². The van der Waals surface area contributed by atoms with Crippen LogP contribution in [-0.4, -0.2) is 38.2 Å². The van der Waals surface area contributed by atoms with Gasteiger partial charge in [0.1, 0.15) is 7.11 Å². The molecule has 0 spiro atoms. The Morgan fingerprint density at radius 3 is 2.09 bits per heavy atom. The second-order valence-corrected chi connectivity index (χ2v) is 2.18. The van der Waals surface area contributed by atoms with E-state index in [1.54, 1.807) is 21.1 Å². The van der Waals surface area contributed by atoms with Crippen molar-refractivity contribution < 1.29 is 29.6 Å². The summed E-state index contributed by atoms with van der Waals surface area (Å²) in [4.78, 5) is 18.9. The zero-order valence-corrected chi connectivity index (χ0v) is 7.03. The monoisotopic (exact) mass is 167 g/mol. The summed E-state index contributed by atoms with van der Waals surface area (Å²) in [6.45, 7) is 0. The Morgan fingerprint density at radius 1 is 1.18 bits per heavy atom. The summed E-state index contributed by atoms with van der Waals surface area (Å²) in [5.74, 6) is 0. The van der Waals surface area contributed by atoms with E-state index < -0.39 is 9.95 Å². The van der Waals surface area contributed by atoms with E-state index in [2.05, 4.69) is 5.48 Å². The Bertz CT molecular complexity index is 146. The fraction of sp³-hybridized carbons (Fsp3) is 1.00. The molecule has 0 atom stereocenters. The van der Waals surface area contributed by atoms with Crippen LogP contribution in [0.15, 0.2) is 0 Å². The molecule has 1 saturated heterocycles. The van der Waals surface area contributed by atoms with Crippen molar-refractivity contribution in [2.75, 3.05) is 28.3 Å². The average molecular weight is 167 g/mol. The molecule has 0 aromatic carbocycles. The van der Waals surface area contributed by atoms with Crippen molar-refractivity contribution in [3.63, 3.8) is 0 Å². The maximum Gasteiger partial charge on any atom is 0.232 e. The standard InChI is InChI=1S/C4H13N3O4/c1-5-9-7(3)10-6(2,8-4)11-7/h5H,1-4H3/q+2. The highest BCUT2D eigenvalue weighted by Gasteiger charge is 2.66. The lowest BCUT2D eigenvalue weighted by Crippen LogP contribution is -2.72. The first kappa shape index (κ1) is 8.81. The van der Waals surface area contributed by atoms with Crippen LogP contribution in [0.5, 0.6) is 0 Å². The lowest BCUT2D eigenvalue weighted by Gasteiger charge is -2.34. The molecule has 0 saturated carbocycles. The van der Waals surface area contributed by atoms with Crippen LogP contribution in [0.3, 0.4) is 0 Å². The van der Waals surface area contributed by atoms with Gasteiger partial charge in [-0.3, -0.25) is 0 Å². The predicted molar refractivity (Wildman–Crippen MR) is 31.7 cm³/mol. The van der Waals surface area contributed by atoms with Gasteiger partial charge >= 0.3 is 0 Å². The van der Waals surface area contributed by atoms with Crippen LogP contribution >= 0.6 is 0 Å². The summed E-state index contributed by atoms with van der Waals surface area (Å²) in [5, 5.41) is 0. The zero-order chi connectivity index (χ0) is 8.54. The normalized spacial score (nSPS) is 43.6. The zero-order valence-electron chi connectivity index (χ0n) is 7.03. The lowest BCUT2D eigenvalue weighted by atomic mass is 11.3. The third-order valence-corrected chi connectivity index (χ3v) is 1.18. The minimum absolute atomic E-state index is 0.391. The Kier molecular flexibility index (Phi) is 2.12. The van der Waals surface area contributed by atoms with E-state index in [1.807, 2.05) is 0 Å². The molecule has 7 nitrogen and oxygen atoms in total. The average Bonchev–Trinajstić information content (AvgIpc) is 1.85. The second-order valence-electron chi connectivity index (χ2n) is 2.18. The van der Waals surface area contributed by atoms with Crippen molar-refractivity contribution in [2.45, 2.75) is 0 Å². The van der Waals surface area contributed by atoms with Gasteiger partial charge < -0.3 is 0 Å². The third kappa shape index (κ3) is 1.65. The first-order valence-corrected chi connectivity index (χ1v) is 3.10. The number of quaternary nitrogens is 2. The summed E-state index contributed by atoms with van der Waals surface area (Å²) < 4.78 is 0. The molecule has 1 aliphatic rings. The van der Waals surface area contributed by atoms with Gasteiger partial charge in [0, 0.05) is 7.05 Å². The minimum atomic E-state index is -0.444. The van der Waals surface area contributed by atoms with Gasteiger partial charge in [-0.25, -0.2) is 0 Å². The van der Waals surface area contributed by atoms with Crippen molar-refractivity contribution in [2.24, 2.45) is 0 Å². The van der Waals surface area contributed by atoms with Crippen LogP contribution in [-0.2, 0) is 19.7 Å². The first-order valence-electron chi connectivity index (χ1n) is 3.10. The summed E-state index contributed by atoms with van der Waals surface area (Å²) in [6, 6.07) is 0. The lowest BCUT2D eigenvalue weighted by molar-refractivity contribution is -1.75. The molecule has 0 aliphatic carbocycles. The largest absolute Gasteiger partial charge is 0.232 e. The van der Waals surface area contributed by atoms with Crippen LogP contribution in [0.4, 0.5) is 0 Å². The molecule has 1 aliphatic heterocycles. The molecule has 0 unspecified atom stereocenters. The Morgan fingerprint density at radius 2 is 1.73 bits per heavy atom. The summed E-state index contributed by atoms with van der Waals surface area (Å²) >= 11 is 0. The molecule has 1 rings (SSSR count). The molecular weight excluding hydrogens is 154 g/mol. The number of nitrogens with zero attached hydrogens (tertiary/aromatic N) is 2. The number of hydrogen-bond acceptors (Lipinski definition) is 5. The summed E-state index contributed by atoms with van der Waals surface area (Å²) in [5.41, 5.74) is 2.43. The van der Waals surface area contributed by atoms with Crippen molar-refractivity contribution >= 4 is 0 Å². The molecule has 0 radical (unpaired) electrons. The maximum absolute atomic E-state index is 5.05. The van der Waals surface area contributed by atoms with E-state index >= 15 is 0 Å². The van der Waals surface area contributed by atoms with Crippen LogP contribution in [0.2, 0.25) is 0 Å². The van der Waals surface area contributed by atoms with Crippen LogP contribution in [0.25, 0.3) is 0 Å². The third-order valence-electron chi connectivity index (χ3n) is 1.18. The predicted octanol–water partition coefficient (Wildman–Crippen LogP) is -0.786. The van der Waals surface area contributed by atoms with Gasteiger partial charge in [-0.15, -0.1) is 10.3 Å². The van der Waals surface area contributed by atoms with E-state index in [4.69, 9.17) is 19.7 Å². The summed E-state index contributed by atoms with van der Waals surface area (Å²) in [6.07, 6.45) is 0. The highest BCUT2D eigenvalue weighted by Crippen LogP contribution is 2.28. The van der Waals surface area contributed by atoms with Crippen molar-refractivity contribution in [1.29, 1.82) is 0 Å². The highest BCUT2D eigenvalue weighted by atomic mass is 17.5. The Labute approximate surface area is 64.5 Å². The molecule has 1 N–H and O–H groups in total. The maximum atomic E-state index is 5.05. The smallest absolute Gasteiger partial charge is 0.143 e. The van der Waals surface area contributed by atoms with Crippen LogP contribution < -0.4 is 5.48 Å². The van der Waals surface area contributed by atoms with Crippen molar-refractivity contribution in [1.82, 2.24) is 5.48 Å². The SMILES string of the molecule is CNO[N+]1(C)O[N+](C)(OC)O1. The number of rotatable bonds is 3. The van der Waals surface area contributed by atoms with Crippen LogP contribution in [0.1, 0.15) is 0 Å². The minimum Gasteiger partial charge on any atom is -0.143 e. The topological polar surface area (TPSA) is 49.0 Å². The van der Waals surface area contributed by atoms with Crippen molar-refractivity contribution in [3.05, 3.63) is 0 Å². The molecule has 0 bridgehead atoms. The number of nitrogens with one attached hydrogen (secondary N) is 1. The van der Waals surface area contributed by atoms with E-state index in [-0.39, 0.29) is 0 Å². The van der Waals surface area contributed by atoms with Gasteiger partial charge in [0.2, 0.25) is 9.95 Å². The van der Waals surface area contributed by atoms with E-state index in [0.29, 0.717) is 0 Å². The molecule has 1 fully saturated rings. The van der Waals surface area contributed by atoms with Crippen LogP contribution in [0, 0.1) is 0 Å². The Hall–Kier alpha value is -0.280. The molecule has 0 aromatic heterocycles. The number of hydrogen-bond donors (Lipinski definition) is 1. The number of hydroxylamine groups is 7. The van der Waals surface area contributed by atoms with Gasteiger partial charge in [0.25, 0.3) is 0 Å². The van der Waals surface area contributed by atoms with Gasteiger partial charge in [0.15, 0.2) is 24.0 Å². The fourth-order valence-electron chi connectivity index (χ4n) is 0.811. The Balaban J connectivity index is 2.36. The van der Waals surface area contributed by atoms with Gasteiger partial charge in [-0.1, -0.05) is 0 Å². The molecule has 0 amide bonds. The molecule has 7 heteroatoms. The quantitative estimate of drug-likeness (QED) is 0.441. The fourth-order valence-corrected chi connectivity index (χ4v) is 0.811. The molecule has 1 heterocycles. The molecular formula is C4H13N3O4+2. The molecule has 66 valence electrons. The van der Waals surface area contributed by atoms with Gasteiger partial charge in [0.05, 0.1) is 0 Å². The second kappa shape index (κ2) is 2.64.